The SMILES string of the molecule is COC(=O)c1ccc([C@H](C)NC(=O)C2(NCCOc3ccc(C#N)cc3)CCOCC2)cc1. The van der Waals surface area contributed by atoms with E-state index in [2.05, 4.69) is 16.7 Å². The number of rotatable bonds is 9. The number of nitrogens with zero attached hydrogens (tertiary/aromatic N) is 1. The first-order chi connectivity index (χ1) is 16.0. The summed E-state index contributed by atoms with van der Waals surface area (Å²) in [5.74, 6) is 0.186. The van der Waals surface area contributed by atoms with Gasteiger partial charge in [-0.25, -0.2) is 4.79 Å². The topological polar surface area (TPSA) is 110 Å². The molecule has 1 aliphatic rings. The Hall–Kier alpha value is -3.41. The highest BCUT2D eigenvalue weighted by atomic mass is 16.5. The van der Waals surface area contributed by atoms with Crippen LogP contribution < -0.4 is 15.4 Å². The lowest BCUT2D eigenvalue weighted by molar-refractivity contribution is -0.132. The van der Waals surface area contributed by atoms with Crippen LogP contribution in [0.4, 0.5) is 0 Å². The summed E-state index contributed by atoms with van der Waals surface area (Å²) in [4.78, 5) is 24.9. The van der Waals surface area contributed by atoms with Crippen LogP contribution in [0.2, 0.25) is 0 Å². The smallest absolute Gasteiger partial charge is 0.337 e. The number of carbonyl (C=O) groups is 2. The summed E-state index contributed by atoms with van der Waals surface area (Å²) in [6.45, 7) is 3.77. The normalized spacial score (nSPS) is 15.7. The molecule has 1 atom stereocenters. The van der Waals surface area contributed by atoms with Crippen LogP contribution in [0.3, 0.4) is 0 Å². The Labute approximate surface area is 193 Å². The van der Waals surface area contributed by atoms with E-state index in [-0.39, 0.29) is 11.9 Å². The summed E-state index contributed by atoms with van der Waals surface area (Å²) >= 11 is 0. The summed E-state index contributed by atoms with van der Waals surface area (Å²) in [6.07, 6.45) is 1.12. The van der Waals surface area contributed by atoms with E-state index in [9.17, 15) is 9.59 Å². The molecule has 1 heterocycles. The molecule has 1 amide bonds. The lowest BCUT2D eigenvalue weighted by Gasteiger charge is -2.37. The molecule has 33 heavy (non-hydrogen) atoms. The Balaban J connectivity index is 1.57. The summed E-state index contributed by atoms with van der Waals surface area (Å²) in [5.41, 5.74) is 1.19. The zero-order valence-corrected chi connectivity index (χ0v) is 18.9. The van der Waals surface area contributed by atoms with Crippen LogP contribution in [0.5, 0.6) is 5.75 Å². The summed E-state index contributed by atoms with van der Waals surface area (Å²) in [7, 11) is 1.34. The number of carbonyl (C=O) groups excluding carboxylic acids is 2. The van der Waals surface area contributed by atoms with Crippen LogP contribution in [-0.4, -0.2) is 50.9 Å². The molecular weight excluding hydrogens is 422 g/mol. The van der Waals surface area contributed by atoms with E-state index >= 15 is 0 Å². The van der Waals surface area contributed by atoms with Crippen molar-refractivity contribution < 1.29 is 23.8 Å². The van der Waals surface area contributed by atoms with E-state index < -0.39 is 11.5 Å². The summed E-state index contributed by atoms with van der Waals surface area (Å²) in [5, 5.41) is 15.4. The third kappa shape index (κ3) is 6.31. The molecule has 0 aliphatic carbocycles. The average molecular weight is 452 g/mol. The number of methoxy groups -OCH3 is 1. The van der Waals surface area contributed by atoms with E-state index in [1.165, 1.54) is 7.11 Å². The number of hydrogen-bond donors (Lipinski definition) is 2. The highest BCUT2D eigenvalue weighted by Crippen LogP contribution is 2.23. The van der Waals surface area contributed by atoms with Crippen LogP contribution >= 0.6 is 0 Å². The van der Waals surface area contributed by atoms with Gasteiger partial charge in [0.1, 0.15) is 17.9 Å². The number of esters is 1. The molecule has 1 aliphatic heterocycles. The first-order valence-corrected chi connectivity index (χ1v) is 10.9. The fourth-order valence-corrected chi connectivity index (χ4v) is 3.73. The first kappa shape index (κ1) is 24.2. The molecule has 2 aromatic carbocycles. The molecule has 2 aromatic rings. The van der Waals surface area contributed by atoms with Gasteiger partial charge in [0.15, 0.2) is 0 Å². The van der Waals surface area contributed by atoms with Crippen LogP contribution in [-0.2, 0) is 14.3 Å². The zero-order valence-electron chi connectivity index (χ0n) is 18.9. The van der Waals surface area contributed by atoms with Crippen molar-refractivity contribution in [1.82, 2.24) is 10.6 Å². The van der Waals surface area contributed by atoms with Gasteiger partial charge in [0.25, 0.3) is 0 Å². The molecule has 0 radical (unpaired) electrons. The highest BCUT2D eigenvalue weighted by Gasteiger charge is 2.40. The molecule has 2 N–H and O–H groups in total. The predicted molar refractivity (Wildman–Crippen MR) is 122 cm³/mol. The minimum atomic E-state index is -0.744. The maximum atomic E-state index is 13.3. The number of benzene rings is 2. The molecule has 3 rings (SSSR count). The number of hydrogen-bond acceptors (Lipinski definition) is 7. The zero-order chi connectivity index (χ0) is 23.7. The Kier molecular flexibility index (Phi) is 8.41. The molecule has 8 heteroatoms. The molecule has 1 fully saturated rings. The molecule has 0 spiro atoms. The van der Waals surface area contributed by atoms with E-state index in [4.69, 9.17) is 19.5 Å². The van der Waals surface area contributed by atoms with Gasteiger partial charge in [0.2, 0.25) is 5.91 Å². The van der Waals surface area contributed by atoms with Crippen LogP contribution in [0.1, 0.15) is 47.3 Å². The first-order valence-electron chi connectivity index (χ1n) is 10.9. The Morgan fingerprint density at radius 2 is 1.79 bits per heavy atom. The van der Waals surface area contributed by atoms with Crippen molar-refractivity contribution >= 4 is 11.9 Å². The fraction of sp³-hybridized carbons (Fsp3) is 0.400. The third-order valence-corrected chi connectivity index (χ3v) is 5.78. The largest absolute Gasteiger partial charge is 0.492 e. The Morgan fingerprint density at radius 3 is 2.39 bits per heavy atom. The van der Waals surface area contributed by atoms with E-state index in [0.29, 0.717) is 56.1 Å². The van der Waals surface area contributed by atoms with Gasteiger partial charge in [0.05, 0.1) is 30.3 Å². The maximum Gasteiger partial charge on any atom is 0.337 e. The second kappa shape index (κ2) is 11.5. The quantitative estimate of drug-likeness (QED) is 0.446. The minimum Gasteiger partial charge on any atom is -0.492 e. The van der Waals surface area contributed by atoms with E-state index in [1.807, 2.05) is 19.1 Å². The molecule has 0 aromatic heterocycles. The average Bonchev–Trinajstić information content (AvgIpc) is 2.87. The van der Waals surface area contributed by atoms with Gasteiger partial charge in [0, 0.05) is 19.8 Å². The van der Waals surface area contributed by atoms with Crippen molar-refractivity contribution in [1.29, 1.82) is 5.26 Å². The second-order valence-corrected chi connectivity index (χ2v) is 7.91. The van der Waals surface area contributed by atoms with Crippen molar-refractivity contribution in [3.63, 3.8) is 0 Å². The standard InChI is InChI=1S/C25H29N3O5/c1-18(20-5-7-21(8-6-20)23(29)31-2)28-24(30)25(11-14-32-15-12-25)27-13-16-33-22-9-3-19(17-26)4-10-22/h3-10,18,27H,11-16H2,1-2H3,(H,28,30)/t18-/m0/s1. The molecule has 174 valence electrons. The lowest BCUT2D eigenvalue weighted by Crippen LogP contribution is -2.60. The molecule has 0 saturated carbocycles. The van der Waals surface area contributed by atoms with Gasteiger partial charge in [-0.3, -0.25) is 10.1 Å². The molecule has 0 bridgehead atoms. The third-order valence-electron chi connectivity index (χ3n) is 5.78. The summed E-state index contributed by atoms with van der Waals surface area (Å²) in [6, 6.07) is 15.8. The number of nitrogens with one attached hydrogen (secondary N) is 2. The Morgan fingerprint density at radius 1 is 1.12 bits per heavy atom. The minimum absolute atomic E-state index is 0.0892. The molecular formula is C25H29N3O5. The van der Waals surface area contributed by atoms with Crippen LogP contribution in [0, 0.1) is 11.3 Å². The van der Waals surface area contributed by atoms with Gasteiger partial charge in [-0.15, -0.1) is 0 Å². The lowest BCUT2D eigenvalue weighted by atomic mass is 9.88. The van der Waals surface area contributed by atoms with E-state index in [1.54, 1.807) is 36.4 Å². The number of nitriles is 1. The molecule has 8 nitrogen and oxygen atoms in total. The predicted octanol–water partition coefficient (Wildman–Crippen LogP) is 2.74. The molecule has 0 unspecified atom stereocenters. The monoisotopic (exact) mass is 451 g/mol. The van der Waals surface area contributed by atoms with Gasteiger partial charge < -0.3 is 19.5 Å². The van der Waals surface area contributed by atoms with Gasteiger partial charge in [-0.05, 0) is 61.7 Å². The second-order valence-electron chi connectivity index (χ2n) is 7.91. The highest BCUT2D eigenvalue weighted by molar-refractivity contribution is 5.89. The number of ether oxygens (including phenoxy) is 3. The van der Waals surface area contributed by atoms with Gasteiger partial charge in [-0.1, -0.05) is 12.1 Å². The van der Waals surface area contributed by atoms with Crippen LogP contribution in [0.25, 0.3) is 0 Å². The maximum absolute atomic E-state index is 13.3. The Bertz CT molecular complexity index is 977. The fourth-order valence-electron chi connectivity index (χ4n) is 3.73. The van der Waals surface area contributed by atoms with Crippen LogP contribution in [0.15, 0.2) is 48.5 Å². The van der Waals surface area contributed by atoms with Crippen molar-refractivity contribution in [2.45, 2.75) is 31.3 Å². The van der Waals surface area contributed by atoms with Gasteiger partial charge in [-0.2, -0.15) is 5.26 Å². The van der Waals surface area contributed by atoms with Crippen molar-refractivity contribution in [3.8, 4) is 11.8 Å². The molecule has 1 saturated heterocycles. The van der Waals surface area contributed by atoms with Gasteiger partial charge >= 0.3 is 5.97 Å². The summed E-state index contributed by atoms with van der Waals surface area (Å²) < 4.78 is 16.0. The van der Waals surface area contributed by atoms with Crippen molar-refractivity contribution in [2.75, 3.05) is 33.5 Å². The number of amides is 1. The van der Waals surface area contributed by atoms with Crippen molar-refractivity contribution in [2.24, 2.45) is 0 Å². The van der Waals surface area contributed by atoms with E-state index in [0.717, 1.165) is 5.56 Å². The van der Waals surface area contributed by atoms with Crippen molar-refractivity contribution in [3.05, 3.63) is 65.2 Å².